The Morgan fingerprint density at radius 3 is 2.33 bits per heavy atom. The summed E-state index contributed by atoms with van der Waals surface area (Å²) < 4.78 is 45.3. The fourth-order valence-corrected chi connectivity index (χ4v) is 1.74. The van der Waals surface area contributed by atoms with Crippen molar-refractivity contribution < 1.29 is 22.6 Å². The van der Waals surface area contributed by atoms with Gasteiger partial charge in [0, 0.05) is 4.47 Å². The smallest absolute Gasteiger partial charge is 0.387 e. The van der Waals surface area contributed by atoms with Crippen LogP contribution < -0.4 is 9.47 Å². The molecule has 0 saturated carbocycles. The molecule has 0 aromatic heterocycles. The van der Waals surface area contributed by atoms with E-state index in [4.69, 9.17) is 0 Å². The number of benzene rings is 1. The lowest BCUT2D eigenvalue weighted by molar-refractivity contribution is -0.0505. The first-order valence-electron chi connectivity index (χ1n) is 3.67. The van der Waals surface area contributed by atoms with Crippen LogP contribution in [0.25, 0.3) is 0 Å². The van der Waals surface area contributed by atoms with Gasteiger partial charge in [-0.15, -0.1) is 0 Å². The number of alkyl halides is 3. The standard InChI is InChI=1S/C8H5Br2F3O2/c9-4-1-5(14-3-11)7(10)6(2-4)15-8(12)13/h1-2,8H,3H2. The van der Waals surface area contributed by atoms with E-state index in [1.54, 1.807) is 0 Å². The van der Waals surface area contributed by atoms with Gasteiger partial charge in [0.1, 0.15) is 16.0 Å². The minimum absolute atomic E-state index is 0.0857. The molecule has 0 atom stereocenters. The Kier molecular flexibility index (Phi) is 4.72. The molecule has 2 nitrogen and oxygen atoms in total. The molecule has 0 N–H and O–H groups in total. The molecule has 0 aliphatic rings. The van der Waals surface area contributed by atoms with Gasteiger partial charge in [-0.3, -0.25) is 0 Å². The van der Waals surface area contributed by atoms with Gasteiger partial charge < -0.3 is 9.47 Å². The second-order valence-corrected chi connectivity index (χ2v) is 4.06. The Labute approximate surface area is 101 Å². The van der Waals surface area contributed by atoms with E-state index in [-0.39, 0.29) is 16.0 Å². The van der Waals surface area contributed by atoms with Crippen LogP contribution in [0, 0.1) is 0 Å². The zero-order chi connectivity index (χ0) is 11.4. The summed E-state index contributed by atoms with van der Waals surface area (Å²) in [5.74, 6) is -0.0367. The van der Waals surface area contributed by atoms with Crippen LogP contribution in [0.5, 0.6) is 11.5 Å². The molecule has 1 aromatic carbocycles. The topological polar surface area (TPSA) is 18.5 Å². The number of hydrogen-bond acceptors (Lipinski definition) is 2. The van der Waals surface area contributed by atoms with E-state index in [9.17, 15) is 13.2 Å². The summed E-state index contributed by atoms with van der Waals surface area (Å²) in [6, 6.07) is 2.75. The van der Waals surface area contributed by atoms with Gasteiger partial charge in [-0.05, 0) is 28.1 Å². The van der Waals surface area contributed by atoms with Crippen molar-refractivity contribution in [3.63, 3.8) is 0 Å². The molecule has 0 heterocycles. The third-order valence-electron chi connectivity index (χ3n) is 1.40. The third kappa shape index (κ3) is 3.57. The van der Waals surface area contributed by atoms with Crippen LogP contribution in [-0.2, 0) is 0 Å². The lowest BCUT2D eigenvalue weighted by Gasteiger charge is -2.11. The number of ether oxygens (including phenoxy) is 2. The van der Waals surface area contributed by atoms with Gasteiger partial charge in [0.15, 0.2) is 0 Å². The van der Waals surface area contributed by atoms with E-state index in [0.29, 0.717) is 4.47 Å². The highest BCUT2D eigenvalue weighted by Crippen LogP contribution is 2.38. The second kappa shape index (κ2) is 5.60. The summed E-state index contributed by atoms with van der Waals surface area (Å²) in [6.07, 6.45) is 0. The van der Waals surface area contributed by atoms with Gasteiger partial charge >= 0.3 is 6.61 Å². The third-order valence-corrected chi connectivity index (χ3v) is 2.64. The van der Waals surface area contributed by atoms with Crippen molar-refractivity contribution in [1.82, 2.24) is 0 Å². The maximum atomic E-state index is 12.0. The van der Waals surface area contributed by atoms with Crippen molar-refractivity contribution in [3.8, 4) is 11.5 Å². The van der Waals surface area contributed by atoms with E-state index >= 15 is 0 Å². The second-order valence-electron chi connectivity index (χ2n) is 2.35. The Bertz CT molecular complexity index is 347. The van der Waals surface area contributed by atoms with Crippen LogP contribution in [0.4, 0.5) is 13.2 Å². The van der Waals surface area contributed by atoms with Gasteiger partial charge in [-0.1, -0.05) is 15.9 Å². The molecular formula is C8H5Br2F3O2. The average Bonchev–Trinajstić information content (AvgIpc) is 2.12. The van der Waals surface area contributed by atoms with Crippen LogP contribution in [0.3, 0.4) is 0 Å². The molecule has 7 heteroatoms. The fraction of sp³-hybridized carbons (Fsp3) is 0.250. The maximum Gasteiger partial charge on any atom is 0.387 e. The lowest BCUT2D eigenvalue weighted by atomic mass is 10.3. The summed E-state index contributed by atoms with van der Waals surface area (Å²) in [7, 11) is 0. The minimum Gasteiger partial charge on any atom is -0.462 e. The summed E-state index contributed by atoms with van der Waals surface area (Å²) in [5, 5.41) is 0. The summed E-state index contributed by atoms with van der Waals surface area (Å²) >= 11 is 6.03. The molecule has 0 aliphatic heterocycles. The van der Waals surface area contributed by atoms with Crippen LogP contribution >= 0.6 is 31.9 Å². The van der Waals surface area contributed by atoms with E-state index in [1.165, 1.54) is 12.1 Å². The van der Waals surface area contributed by atoms with Crippen molar-refractivity contribution in [2.75, 3.05) is 6.86 Å². The normalized spacial score (nSPS) is 10.5. The van der Waals surface area contributed by atoms with Gasteiger partial charge in [-0.25, -0.2) is 4.39 Å². The summed E-state index contributed by atoms with van der Waals surface area (Å²) in [4.78, 5) is 0. The number of rotatable bonds is 4. The molecule has 84 valence electrons. The Hall–Kier alpha value is -0.430. The molecule has 0 unspecified atom stereocenters. The van der Waals surface area contributed by atoms with Crippen LogP contribution in [0.15, 0.2) is 21.1 Å². The van der Waals surface area contributed by atoms with Crippen molar-refractivity contribution >= 4 is 31.9 Å². The van der Waals surface area contributed by atoms with Gasteiger partial charge in [0.05, 0.1) is 0 Å². The molecule has 0 amide bonds. The van der Waals surface area contributed by atoms with Crippen molar-refractivity contribution in [3.05, 3.63) is 21.1 Å². The highest BCUT2D eigenvalue weighted by atomic mass is 79.9. The zero-order valence-electron chi connectivity index (χ0n) is 7.15. The van der Waals surface area contributed by atoms with E-state index in [2.05, 4.69) is 41.3 Å². The molecule has 0 saturated heterocycles. The van der Waals surface area contributed by atoms with Crippen LogP contribution in [-0.4, -0.2) is 13.5 Å². The predicted octanol–water partition coefficient (Wildman–Crippen LogP) is 4.12. The average molecular weight is 350 g/mol. The highest BCUT2D eigenvalue weighted by molar-refractivity contribution is 9.11. The van der Waals surface area contributed by atoms with Crippen molar-refractivity contribution in [1.29, 1.82) is 0 Å². The number of hydrogen-bond donors (Lipinski definition) is 0. The molecule has 15 heavy (non-hydrogen) atoms. The number of halogens is 5. The maximum absolute atomic E-state index is 12.0. The molecule has 0 aliphatic carbocycles. The van der Waals surface area contributed by atoms with Crippen molar-refractivity contribution in [2.24, 2.45) is 0 Å². The summed E-state index contributed by atoms with van der Waals surface area (Å²) in [5.41, 5.74) is 0. The predicted molar refractivity (Wildman–Crippen MR) is 55.1 cm³/mol. The van der Waals surface area contributed by atoms with Gasteiger partial charge in [0.25, 0.3) is 0 Å². The van der Waals surface area contributed by atoms with Crippen LogP contribution in [0.2, 0.25) is 0 Å². The monoisotopic (exact) mass is 348 g/mol. The Morgan fingerprint density at radius 1 is 1.20 bits per heavy atom. The van der Waals surface area contributed by atoms with Gasteiger partial charge in [-0.2, -0.15) is 8.78 Å². The first kappa shape index (κ1) is 12.6. The Balaban J connectivity index is 3.04. The van der Waals surface area contributed by atoms with Crippen LogP contribution in [0.1, 0.15) is 0 Å². The minimum atomic E-state index is -2.95. The fourth-order valence-electron chi connectivity index (χ4n) is 0.886. The van der Waals surface area contributed by atoms with Gasteiger partial charge in [0.2, 0.25) is 6.86 Å². The molecule has 0 bridgehead atoms. The summed E-state index contributed by atoms with van der Waals surface area (Å²) in [6.45, 7) is -4.00. The quantitative estimate of drug-likeness (QED) is 0.814. The first-order chi connectivity index (χ1) is 7.04. The SMILES string of the molecule is FCOc1cc(Br)cc(OC(F)F)c1Br. The van der Waals surface area contributed by atoms with E-state index < -0.39 is 13.5 Å². The largest absolute Gasteiger partial charge is 0.462 e. The molecule has 0 radical (unpaired) electrons. The zero-order valence-corrected chi connectivity index (χ0v) is 10.3. The molecule has 0 spiro atoms. The molecule has 1 aromatic rings. The van der Waals surface area contributed by atoms with E-state index in [0.717, 1.165) is 0 Å². The van der Waals surface area contributed by atoms with E-state index in [1.807, 2.05) is 0 Å². The highest BCUT2D eigenvalue weighted by Gasteiger charge is 2.14. The van der Waals surface area contributed by atoms with Crippen molar-refractivity contribution in [2.45, 2.75) is 6.61 Å². The lowest BCUT2D eigenvalue weighted by Crippen LogP contribution is -2.03. The first-order valence-corrected chi connectivity index (χ1v) is 5.25. The Morgan fingerprint density at radius 2 is 1.80 bits per heavy atom. The molecule has 1 rings (SSSR count). The molecule has 0 fully saturated rings. The molecular weight excluding hydrogens is 345 g/mol.